The molecule has 1 aromatic rings. The van der Waals surface area contributed by atoms with Crippen molar-refractivity contribution in [2.75, 3.05) is 5.73 Å². The fourth-order valence-electron chi connectivity index (χ4n) is 2.89. The van der Waals surface area contributed by atoms with Crippen molar-refractivity contribution >= 4 is 11.6 Å². The standard InChI is InChI=1S/C15H23N3O2/c1-2-11-4-3-5-13(8-11)17-14(19)10-18-9-12(16)6-7-15(18)20/h6-7,9,11,13H,2-5,8,10,16H2,1H3,(H,17,19). The summed E-state index contributed by atoms with van der Waals surface area (Å²) >= 11 is 0. The molecule has 110 valence electrons. The van der Waals surface area contributed by atoms with Crippen LogP contribution in [0.5, 0.6) is 0 Å². The molecular weight excluding hydrogens is 254 g/mol. The molecule has 0 radical (unpaired) electrons. The Balaban J connectivity index is 1.92. The lowest BCUT2D eigenvalue weighted by Crippen LogP contribution is -2.41. The maximum Gasteiger partial charge on any atom is 0.251 e. The Morgan fingerprint density at radius 3 is 3.00 bits per heavy atom. The molecule has 20 heavy (non-hydrogen) atoms. The molecule has 3 N–H and O–H groups in total. The molecule has 0 bridgehead atoms. The van der Waals surface area contributed by atoms with E-state index >= 15 is 0 Å². The highest BCUT2D eigenvalue weighted by atomic mass is 16.2. The van der Waals surface area contributed by atoms with Crippen LogP contribution in [-0.4, -0.2) is 16.5 Å². The van der Waals surface area contributed by atoms with Gasteiger partial charge in [-0.05, 0) is 24.8 Å². The molecule has 5 nitrogen and oxygen atoms in total. The zero-order chi connectivity index (χ0) is 14.5. The van der Waals surface area contributed by atoms with Gasteiger partial charge in [0.15, 0.2) is 0 Å². The Bertz CT molecular complexity index is 524. The monoisotopic (exact) mass is 277 g/mol. The van der Waals surface area contributed by atoms with Gasteiger partial charge in [0.25, 0.3) is 5.56 Å². The topological polar surface area (TPSA) is 77.1 Å². The number of carbonyl (C=O) groups is 1. The quantitative estimate of drug-likeness (QED) is 0.876. The minimum atomic E-state index is -0.204. The summed E-state index contributed by atoms with van der Waals surface area (Å²) in [5, 5.41) is 3.04. The first kappa shape index (κ1) is 14.6. The number of hydrogen-bond donors (Lipinski definition) is 2. The van der Waals surface area contributed by atoms with Crippen LogP contribution in [0.1, 0.15) is 39.0 Å². The summed E-state index contributed by atoms with van der Waals surface area (Å²) in [5.74, 6) is 0.601. The van der Waals surface area contributed by atoms with E-state index in [1.54, 1.807) is 6.07 Å². The number of carbonyl (C=O) groups excluding carboxylic acids is 1. The van der Waals surface area contributed by atoms with Crippen LogP contribution >= 0.6 is 0 Å². The summed E-state index contributed by atoms with van der Waals surface area (Å²) in [6.45, 7) is 2.23. The van der Waals surface area contributed by atoms with Gasteiger partial charge in [-0.2, -0.15) is 0 Å². The highest BCUT2D eigenvalue weighted by Gasteiger charge is 2.22. The molecule has 0 saturated heterocycles. The molecular formula is C15H23N3O2. The van der Waals surface area contributed by atoms with Crippen molar-refractivity contribution in [3.63, 3.8) is 0 Å². The molecule has 0 aliphatic heterocycles. The number of pyridine rings is 1. The first-order valence-electron chi connectivity index (χ1n) is 7.33. The van der Waals surface area contributed by atoms with Crippen molar-refractivity contribution in [1.29, 1.82) is 0 Å². The molecule has 0 spiro atoms. The number of amides is 1. The molecule has 1 fully saturated rings. The van der Waals surface area contributed by atoms with E-state index < -0.39 is 0 Å². The van der Waals surface area contributed by atoms with Crippen LogP contribution in [0.2, 0.25) is 0 Å². The largest absolute Gasteiger partial charge is 0.398 e. The lowest BCUT2D eigenvalue weighted by Gasteiger charge is -2.29. The second-order valence-corrected chi connectivity index (χ2v) is 5.63. The summed E-state index contributed by atoms with van der Waals surface area (Å²) < 4.78 is 1.35. The Kier molecular flexibility index (Phi) is 4.82. The Labute approximate surface area is 119 Å². The number of aromatic nitrogens is 1. The van der Waals surface area contributed by atoms with Gasteiger partial charge < -0.3 is 15.6 Å². The SMILES string of the molecule is CCC1CCCC(NC(=O)Cn2cc(N)ccc2=O)C1. The predicted octanol–water partition coefficient (Wildman–Crippen LogP) is 1.52. The summed E-state index contributed by atoms with van der Waals surface area (Å²) in [5.41, 5.74) is 5.92. The maximum atomic E-state index is 12.0. The third-order valence-electron chi connectivity index (χ3n) is 4.05. The van der Waals surface area contributed by atoms with Crippen molar-refractivity contribution in [2.24, 2.45) is 5.92 Å². The van der Waals surface area contributed by atoms with E-state index in [2.05, 4.69) is 12.2 Å². The van der Waals surface area contributed by atoms with Crippen molar-refractivity contribution < 1.29 is 4.79 Å². The van der Waals surface area contributed by atoms with Gasteiger partial charge in [-0.1, -0.05) is 26.2 Å². The van der Waals surface area contributed by atoms with Gasteiger partial charge in [0.2, 0.25) is 5.91 Å². The first-order chi connectivity index (χ1) is 9.58. The summed E-state index contributed by atoms with van der Waals surface area (Å²) in [6, 6.07) is 3.18. The van der Waals surface area contributed by atoms with Crippen LogP contribution in [0.4, 0.5) is 5.69 Å². The number of rotatable bonds is 4. The Morgan fingerprint density at radius 1 is 1.45 bits per heavy atom. The first-order valence-corrected chi connectivity index (χ1v) is 7.33. The third-order valence-corrected chi connectivity index (χ3v) is 4.05. The van der Waals surface area contributed by atoms with Crippen molar-refractivity contribution in [3.05, 3.63) is 28.7 Å². The van der Waals surface area contributed by atoms with Crippen molar-refractivity contribution in [2.45, 2.75) is 51.6 Å². The summed E-state index contributed by atoms with van der Waals surface area (Å²) in [6.07, 6.45) is 7.19. The molecule has 2 atom stereocenters. The predicted molar refractivity (Wildman–Crippen MR) is 79.3 cm³/mol. The lowest BCUT2D eigenvalue weighted by atomic mass is 9.84. The van der Waals surface area contributed by atoms with Gasteiger partial charge in [0.1, 0.15) is 6.54 Å². The molecule has 2 unspecified atom stereocenters. The normalized spacial score (nSPS) is 22.4. The summed E-state index contributed by atoms with van der Waals surface area (Å²) in [4.78, 5) is 23.7. The smallest absolute Gasteiger partial charge is 0.251 e. The Morgan fingerprint density at radius 2 is 2.25 bits per heavy atom. The molecule has 1 aliphatic rings. The number of nitrogens with two attached hydrogens (primary N) is 1. The maximum absolute atomic E-state index is 12.0. The fraction of sp³-hybridized carbons (Fsp3) is 0.600. The van der Waals surface area contributed by atoms with Crippen LogP contribution in [0.3, 0.4) is 0 Å². The highest BCUT2D eigenvalue weighted by Crippen LogP contribution is 2.26. The van der Waals surface area contributed by atoms with E-state index in [1.165, 1.54) is 36.1 Å². The van der Waals surface area contributed by atoms with E-state index in [4.69, 9.17) is 5.73 Å². The van der Waals surface area contributed by atoms with E-state index in [0.29, 0.717) is 11.6 Å². The second kappa shape index (κ2) is 6.59. The second-order valence-electron chi connectivity index (χ2n) is 5.63. The molecule has 2 rings (SSSR count). The van der Waals surface area contributed by atoms with Gasteiger partial charge in [0, 0.05) is 24.0 Å². The van der Waals surface area contributed by atoms with Gasteiger partial charge >= 0.3 is 0 Å². The van der Waals surface area contributed by atoms with Crippen molar-refractivity contribution in [3.8, 4) is 0 Å². The number of hydrogen-bond acceptors (Lipinski definition) is 3. The average molecular weight is 277 g/mol. The van der Waals surface area contributed by atoms with Gasteiger partial charge in [-0.3, -0.25) is 9.59 Å². The van der Waals surface area contributed by atoms with E-state index in [1.807, 2.05) is 0 Å². The molecule has 0 aromatic carbocycles. The molecule has 1 aliphatic carbocycles. The van der Waals surface area contributed by atoms with E-state index in [9.17, 15) is 9.59 Å². The van der Waals surface area contributed by atoms with Crippen LogP contribution in [0.25, 0.3) is 0 Å². The third kappa shape index (κ3) is 3.85. The lowest BCUT2D eigenvalue weighted by molar-refractivity contribution is -0.122. The highest BCUT2D eigenvalue weighted by molar-refractivity contribution is 5.76. The van der Waals surface area contributed by atoms with E-state index in [0.717, 1.165) is 12.8 Å². The van der Waals surface area contributed by atoms with E-state index in [-0.39, 0.29) is 24.1 Å². The summed E-state index contributed by atoms with van der Waals surface area (Å²) in [7, 11) is 0. The molecule has 1 saturated carbocycles. The molecule has 5 heteroatoms. The van der Waals surface area contributed by atoms with Crippen LogP contribution < -0.4 is 16.6 Å². The number of anilines is 1. The van der Waals surface area contributed by atoms with Crippen LogP contribution in [-0.2, 0) is 11.3 Å². The zero-order valence-electron chi connectivity index (χ0n) is 12.0. The minimum Gasteiger partial charge on any atom is -0.398 e. The average Bonchev–Trinajstić information content (AvgIpc) is 2.43. The van der Waals surface area contributed by atoms with Crippen LogP contribution in [0.15, 0.2) is 23.1 Å². The number of nitrogen functional groups attached to an aromatic ring is 1. The molecule has 1 amide bonds. The molecule has 1 aromatic heterocycles. The van der Waals surface area contributed by atoms with Crippen LogP contribution in [0, 0.1) is 5.92 Å². The molecule has 1 heterocycles. The number of nitrogens with one attached hydrogen (secondary N) is 1. The zero-order valence-corrected chi connectivity index (χ0v) is 12.0. The Hall–Kier alpha value is -1.78. The number of nitrogens with zero attached hydrogens (tertiary/aromatic N) is 1. The minimum absolute atomic E-state index is 0.0389. The van der Waals surface area contributed by atoms with Gasteiger partial charge in [-0.25, -0.2) is 0 Å². The van der Waals surface area contributed by atoms with Gasteiger partial charge in [-0.15, -0.1) is 0 Å². The fourth-order valence-corrected chi connectivity index (χ4v) is 2.89. The van der Waals surface area contributed by atoms with Crippen molar-refractivity contribution in [1.82, 2.24) is 9.88 Å². The van der Waals surface area contributed by atoms with Gasteiger partial charge in [0.05, 0.1) is 0 Å².